The lowest BCUT2D eigenvalue weighted by Gasteiger charge is -2.13. The zero-order chi connectivity index (χ0) is 24.2. The van der Waals surface area contributed by atoms with Gasteiger partial charge in [0.05, 0.1) is 33.6 Å². The second-order valence-corrected chi connectivity index (χ2v) is 8.25. The van der Waals surface area contributed by atoms with E-state index in [0.717, 1.165) is 4.90 Å². The molecule has 2 heterocycles. The second kappa shape index (κ2) is 9.79. The van der Waals surface area contributed by atoms with Gasteiger partial charge < -0.3 is 9.47 Å². The Labute approximate surface area is 197 Å². The lowest BCUT2D eigenvalue weighted by Crippen LogP contribution is -2.28. The van der Waals surface area contributed by atoms with Crippen molar-refractivity contribution in [1.29, 1.82) is 0 Å². The molecule has 0 spiro atoms. The first-order chi connectivity index (χ1) is 16.4. The van der Waals surface area contributed by atoms with Crippen LogP contribution in [-0.2, 0) is 23.9 Å². The monoisotopic (exact) mass is 481 g/mol. The van der Waals surface area contributed by atoms with E-state index in [2.05, 4.69) is 10.3 Å². The number of amides is 3. The topological polar surface area (TPSA) is 132 Å². The summed E-state index contributed by atoms with van der Waals surface area (Å²) in [6.07, 6.45) is 0.331. The Morgan fingerprint density at radius 1 is 0.971 bits per heavy atom. The highest BCUT2D eigenvalue weighted by Gasteiger charge is 2.30. The smallest absolute Gasteiger partial charge is 0.338 e. The van der Waals surface area contributed by atoms with Crippen molar-refractivity contribution in [2.75, 3.05) is 23.4 Å². The highest BCUT2D eigenvalue weighted by Crippen LogP contribution is 2.27. The van der Waals surface area contributed by atoms with Crippen LogP contribution in [0.2, 0.25) is 0 Å². The number of hydrogen-bond acceptors (Lipinski definition) is 9. The maximum atomic E-state index is 12.3. The average molecular weight is 481 g/mol. The first kappa shape index (κ1) is 23.1. The number of fused-ring (bicyclic) bond motifs is 1. The molecule has 2 aromatic carbocycles. The number of carbonyl (C=O) groups is 5. The molecule has 1 aliphatic rings. The number of imide groups is 1. The van der Waals surface area contributed by atoms with Gasteiger partial charge in [0.15, 0.2) is 11.7 Å². The van der Waals surface area contributed by atoms with Crippen LogP contribution < -0.4 is 10.2 Å². The van der Waals surface area contributed by atoms with Crippen molar-refractivity contribution < 1.29 is 33.4 Å². The molecule has 0 atom stereocenters. The normalized spacial score (nSPS) is 13.3. The van der Waals surface area contributed by atoms with Gasteiger partial charge in [-0.25, -0.2) is 14.6 Å². The van der Waals surface area contributed by atoms with Gasteiger partial charge in [-0.1, -0.05) is 11.3 Å². The van der Waals surface area contributed by atoms with E-state index < -0.39 is 24.5 Å². The summed E-state index contributed by atoms with van der Waals surface area (Å²) in [5, 5.41) is 2.85. The lowest BCUT2D eigenvalue weighted by atomic mass is 10.2. The number of nitrogens with zero attached hydrogens (tertiary/aromatic N) is 2. The van der Waals surface area contributed by atoms with Crippen LogP contribution in [0.3, 0.4) is 0 Å². The molecule has 34 heavy (non-hydrogen) atoms. The van der Waals surface area contributed by atoms with Crippen molar-refractivity contribution in [2.45, 2.75) is 19.8 Å². The van der Waals surface area contributed by atoms with E-state index in [0.29, 0.717) is 26.6 Å². The molecule has 0 aliphatic carbocycles. The minimum absolute atomic E-state index is 0.166. The summed E-state index contributed by atoms with van der Waals surface area (Å²) >= 11 is 1.17. The number of aromatic nitrogens is 1. The Bertz CT molecular complexity index is 1280. The zero-order valence-electron chi connectivity index (χ0n) is 18.0. The van der Waals surface area contributed by atoms with E-state index in [4.69, 9.17) is 9.47 Å². The van der Waals surface area contributed by atoms with Gasteiger partial charge in [0.2, 0.25) is 11.8 Å². The van der Waals surface area contributed by atoms with Gasteiger partial charge in [-0.2, -0.15) is 0 Å². The van der Waals surface area contributed by atoms with Crippen molar-refractivity contribution in [3.8, 4) is 0 Å². The van der Waals surface area contributed by atoms with Gasteiger partial charge in [-0.15, -0.1) is 0 Å². The van der Waals surface area contributed by atoms with E-state index >= 15 is 0 Å². The van der Waals surface area contributed by atoms with E-state index in [9.17, 15) is 24.0 Å². The third-order valence-electron chi connectivity index (χ3n) is 4.89. The van der Waals surface area contributed by atoms with Crippen molar-refractivity contribution in [3.05, 3.63) is 53.6 Å². The number of hydrogen-bond donors (Lipinski definition) is 1. The molecular formula is C23H19N3O7S. The molecule has 1 aromatic heterocycles. The quantitative estimate of drug-likeness (QED) is 0.402. The minimum atomic E-state index is -0.732. The van der Waals surface area contributed by atoms with Crippen LogP contribution in [0.5, 0.6) is 0 Å². The number of ether oxygens (including phenoxy) is 2. The fourth-order valence-corrected chi connectivity index (χ4v) is 4.22. The Hall–Kier alpha value is -4.12. The van der Waals surface area contributed by atoms with Gasteiger partial charge >= 0.3 is 11.9 Å². The van der Waals surface area contributed by atoms with Crippen LogP contribution in [-0.4, -0.2) is 47.9 Å². The number of benzene rings is 2. The average Bonchev–Trinajstić information content (AvgIpc) is 3.38. The Morgan fingerprint density at radius 2 is 1.62 bits per heavy atom. The Kier molecular flexibility index (Phi) is 6.64. The van der Waals surface area contributed by atoms with Gasteiger partial charge in [-0.05, 0) is 49.4 Å². The lowest BCUT2D eigenvalue weighted by molar-refractivity contribution is -0.121. The number of anilines is 2. The fourth-order valence-electron chi connectivity index (χ4n) is 3.30. The maximum Gasteiger partial charge on any atom is 0.338 e. The summed E-state index contributed by atoms with van der Waals surface area (Å²) < 4.78 is 10.7. The predicted molar refractivity (Wildman–Crippen MR) is 123 cm³/mol. The van der Waals surface area contributed by atoms with E-state index in [1.807, 2.05) is 0 Å². The molecule has 0 radical (unpaired) electrons. The SMILES string of the molecule is CCOC(=O)c1ccc2nc(NC(=O)COC(=O)c3ccc(N4C(=O)CCC4=O)cc3)sc2c1. The van der Waals surface area contributed by atoms with Crippen LogP contribution in [0.4, 0.5) is 10.8 Å². The molecule has 3 aromatic rings. The summed E-state index contributed by atoms with van der Waals surface area (Å²) in [5.41, 5.74) is 1.53. The molecular weight excluding hydrogens is 462 g/mol. The number of esters is 2. The molecule has 1 aliphatic heterocycles. The zero-order valence-corrected chi connectivity index (χ0v) is 18.8. The molecule has 0 unspecified atom stereocenters. The second-order valence-electron chi connectivity index (χ2n) is 7.22. The van der Waals surface area contributed by atoms with Gasteiger partial charge in [0.1, 0.15) is 0 Å². The number of carbonyl (C=O) groups excluding carboxylic acids is 5. The van der Waals surface area contributed by atoms with Crippen molar-refractivity contribution in [2.24, 2.45) is 0 Å². The first-order valence-electron chi connectivity index (χ1n) is 10.4. The van der Waals surface area contributed by atoms with Crippen LogP contribution >= 0.6 is 11.3 Å². The standard InChI is InChI=1S/C23H19N3O7S/c1-2-32-22(31)14-5-8-16-17(11-14)34-23(24-16)25-18(27)12-33-21(30)13-3-6-15(7-4-13)26-19(28)9-10-20(26)29/h3-8,11H,2,9-10,12H2,1H3,(H,24,25,27). The highest BCUT2D eigenvalue weighted by atomic mass is 32.1. The van der Waals surface area contributed by atoms with E-state index in [1.165, 1.54) is 35.6 Å². The number of thiazole rings is 1. The van der Waals surface area contributed by atoms with Gasteiger partial charge in [0, 0.05) is 12.8 Å². The number of rotatable bonds is 7. The highest BCUT2D eigenvalue weighted by molar-refractivity contribution is 7.22. The summed E-state index contributed by atoms with van der Waals surface area (Å²) in [4.78, 5) is 65.3. The molecule has 0 saturated carbocycles. The van der Waals surface area contributed by atoms with Crippen molar-refractivity contribution in [3.63, 3.8) is 0 Å². The fraction of sp³-hybridized carbons (Fsp3) is 0.217. The third-order valence-corrected chi connectivity index (χ3v) is 5.83. The van der Waals surface area contributed by atoms with Crippen LogP contribution in [0.25, 0.3) is 10.2 Å². The molecule has 10 nitrogen and oxygen atoms in total. The molecule has 11 heteroatoms. The molecule has 3 amide bonds. The minimum Gasteiger partial charge on any atom is -0.462 e. The van der Waals surface area contributed by atoms with Crippen LogP contribution in [0.1, 0.15) is 40.5 Å². The molecule has 1 saturated heterocycles. The predicted octanol–water partition coefficient (Wildman–Crippen LogP) is 2.92. The van der Waals surface area contributed by atoms with Crippen LogP contribution in [0, 0.1) is 0 Å². The summed E-state index contributed by atoms with van der Waals surface area (Å²) in [6, 6.07) is 10.7. The van der Waals surface area contributed by atoms with Gasteiger partial charge in [-0.3, -0.25) is 24.6 Å². The maximum absolute atomic E-state index is 12.3. The molecule has 174 valence electrons. The van der Waals surface area contributed by atoms with Crippen LogP contribution in [0.15, 0.2) is 42.5 Å². The van der Waals surface area contributed by atoms with E-state index in [1.54, 1.807) is 25.1 Å². The summed E-state index contributed by atoms with van der Waals surface area (Å²) in [5.74, 6) is -2.33. The molecule has 4 rings (SSSR count). The molecule has 1 N–H and O–H groups in total. The molecule has 0 bridgehead atoms. The Balaban J connectivity index is 1.33. The first-order valence-corrected chi connectivity index (χ1v) is 11.2. The Morgan fingerprint density at radius 3 is 2.29 bits per heavy atom. The summed E-state index contributed by atoms with van der Waals surface area (Å²) in [6.45, 7) is 1.45. The van der Waals surface area contributed by atoms with Crippen molar-refractivity contribution >= 4 is 62.0 Å². The van der Waals surface area contributed by atoms with E-state index in [-0.39, 0.29) is 36.8 Å². The van der Waals surface area contributed by atoms with Crippen molar-refractivity contribution in [1.82, 2.24) is 4.98 Å². The van der Waals surface area contributed by atoms with Gasteiger partial charge in [0.25, 0.3) is 5.91 Å². The number of nitrogens with one attached hydrogen (secondary N) is 1. The largest absolute Gasteiger partial charge is 0.462 e. The molecule has 1 fully saturated rings. The summed E-state index contributed by atoms with van der Waals surface area (Å²) in [7, 11) is 0. The third kappa shape index (κ3) is 4.94.